The highest BCUT2D eigenvalue weighted by Gasteiger charge is 2.39. The number of ketones is 1. The molecule has 1 rings (SSSR count). The number of unbranched alkanes of at least 4 members (excludes halogenated alkanes) is 5. The van der Waals surface area contributed by atoms with Crippen LogP contribution in [0.1, 0.15) is 77.6 Å². The third kappa shape index (κ3) is 10.7. The summed E-state index contributed by atoms with van der Waals surface area (Å²) in [7, 11) is 0. The van der Waals surface area contributed by atoms with Crippen LogP contribution in [0.2, 0.25) is 0 Å². The van der Waals surface area contributed by atoms with Crippen molar-refractivity contribution in [2.75, 3.05) is 13.2 Å². The monoisotopic (exact) mass is 428 g/mol. The average molecular weight is 429 g/mol. The number of rotatable bonds is 16. The van der Waals surface area contributed by atoms with Crippen molar-refractivity contribution in [3.05, 3.63) is 12.2 Å². The molecule has 0 heterocycles. The largest absolute Gasteiger partial charge is 0.463 e. The highest BCUT2D eigenvalue weighted by molar-refractivity contribution is 5.84. The quantitative estimate of drug-likeness (QED) is 0.169. The molecular formula is C23H40O7. The zero-order valence-corrected chi connectivity index (χ0v) is 18.2. The van der Waals surface area contributed by atoms with Crippen molar-refractivity contribution in [2.24, 2.45) is 11.8 Å². The lowest BCUT2D eigenvalue weighted by atomic mass is 9.88. The van der Waals surface area contributed by atoms with E-state index in [0.717, 1.165) is 38.5 Å². The van der Waals surface area contributed by atoms with Gasteiger partial charge in [0.15, 0.2) is 0 Å². The van der Waals surface area contributed by atoms with Gasteiger partial charge in [-0.1, -0.05) is 57.6 Å². The Labute approximate surface area is 180 Å². The van der Waals surface area contributed by atoms with Crippen LogP contribution >= 0.6 is 0 Å². The van der Waals surface area contributed by atoms with Crippen LogP contribution in [-0.4, -0.2) is 63.7 Å². The van der Waals surface area contributed by atoms with E-state index in [-0.39, 0.29) is 43.0 Å². The molecule has 0 bridgehead atoms. The summed E-state index contributed by atoms with van der Waals surface area (Å²) in [6.07, 6.45) is 9.53. The molecule has 0 aromatic rings. The molecule has 4 N–H and O–H groups in total. The van der Waals surface area contributed by atoms with Gasteiger partial charge in [0.1, 0.15) is 18.5 Å². The summed E-state index contributed by atoms with van der Waals surface area (Å²) < 4.78 is 4.85. The summed E-state index contributed by atoms with van der Waals surface area (Å²) in [5.74, 6) is -0.738. The third-order valence-corrected chi connectivity index (χ3v) is 5.69. The standard InChI is InChI=1S/C23H40O7/c1-2-3-6-9-17(25)12-13-20-19(21(27)14-22(20)28)10-7-4-5-8-11-23(29)30-16-18(26)15-24/h12-13,17-20,22,24-26,28H,2-11,14-16H2,1H3/b13-12+/t17-,18-,19+,20+,22+/m0/s1. The maximum atomic E-state index is 12.3. The lowest BCUT2D eigenvalue weighted by Gasteiger charge is -2.18. The molecule has 0 saturated heterocycles. The fourth-order valence-corrected chi connectivity index (χ4v) is 3.85. The second-order valence-electron chi connectivity index (χ2n) is 8.34. The first-order valence-electron chi connectivity index (χ1n) is 11.4. The number of aliphatic hydroxyl groups excluding tert-OH is 4. The zero-order chi connectivity index (χ0) is 22.4. The number of hydrogen-bond donors (Lipinski definition) is 4. The molecule has 0 aromatic heterocycles. The minimum atomic E-state index is -1.03. The Morgan fingerprint density at radius 3 is 2.60 bits per heavy atom. The van der Waals surface area contributed by atoms with Crippen LogP contribution in [0.4, 0.5) is 0 Å². The van der Waals surface area contributed by atoms with E-state index in [1.807, 2.05) is 6.08 Å². The Kier molecular flexibility index (Phi) is 13.8. The molecule has 5 atom stereocenters. The topological polar surface area (TPSA) is 124 Å². The van der Waals surface area contributed by atoms with Gasteiger partial charge in [0.25, 0.3) is 0 Å². The van der Waals surface area contributed by atoms with Crippen molar-refractivity contribution in [3.63, 3.8) is 0 Å². The molecule has 0 radical (unpaired) electrons. The molecule has 1 saturated carbocycles. The summed E-state index contributed by atoms with van der Waals surface area (Å²) in [6.45, 7) is 1.49. The van der Waals surface area contributed by atoms with Gasteiger partial charge in [-0.2, -0.15) is 0 Å². The number of ether oxygens (including phenoxy) is 1. The normalized spacial score (nSPS) is 23.8. The number of carbonyl (C=O) groups excluding carboxylic acids is 2. The summed E-state index contributed by atoms with van der Waals surface area (Å²) in [5.41, 5.74) is 0. The molecule has 0 amide bonds. The second kappa shape index (κ2) is 15.5. The van der Waals surface area contributed by atoms with E-state index in [4.69, 9.17) is 14.9 Å². The molecule has 7 heteroatoms. The third-order valence-electron chi connectivity index (χ3n) is 5.69. The van der Waals surface area contributed by atoms with Gasteiger partial charge in [-0.05, 0) is 19.3 Å². The molecule has 0 aliphatic heterocycles. The highest BCUT2D eigenvalue weighted by Crippen LogP contribution is 2.34. The molecule has 30 heavy (non-hydrogen) atoms. The van der Waals surface area contributed by atoms with Gasteiger partial charge in [-0.15, -0.1) is 0 Å². The Morgan fingerprint density at radius 2 is 1.90 bits per heavy atom. The SMILES string of the molecule is CCCCC[C@H](O)/C=C/[C@H]1[C@H](O)CC(=O)[C@@H]1CCCCCCC(=O)OC[C@@H](O)CO. The van der Waals surface area contributed by atoms with Gasteiger partial charge in [0, 0.05) is 24.7 Å². The molecule has 0 aromatic carbocycles. The lowest BCUT2D eigenvalue weighted by molar-refractivity contribution is -0.147. The summed E-state index contributed by atoms with van der Waals surface area (Å²) in [4.78, 5) is 23.8. The molecule has 174 valence electrons. The molecular weight excluding hydrogens is 388 g/mol. The van der Waals surface area contributed by atoms with E-state index in [2.05, 4.69) is 6.92 Å². The lowest BCUT2D eigenvalue weighted by Crippen LogP contribution is -2.21. The van der Waals surface area contributed by atoms with Crippen LogP contribution in [0.25, 0.3) is 0 Å². The molecule has 7 nitrogen and oxygen atoms in total. The molecule has 1 aliphatic carbocycles. The Balaban J connectivity index is 2.28. The van der Waals surface area contributed by atoms with Gasteiger partial charge in [0.05, 0.1) is 18.8 Å². The highest BCUT2D eigenvalue weighted by atomic mass is 16.5. The minimum absolute atomic E-state index is 0.0867. The smallest absolute Gasteiger partial charge is 0.305 e. The van der Waals surface area contributed by atoms with Crippen molar-refractivity contribution >= 4 is 11.8 Å². The van der Waals surface area contributed by atoms with E-state index in [1.54, 1.807) is 6.08 Å². The number of aliphatic hydroxyl groups is 4. The van der Waals surface area contributed by atoms with E-state index >= 15 is 0 Å². The van der Waals surface area contributed by atoms with E-state index in [0.29, 0.717) is 19.3 Å². The summed E-state index contributed by atoms with van der Waals surface area (Å²) in [5, 5.41) is 38.1. The van der Waals surface area contributed by atoms with Gasteiger partial charge in [0.2, 0.25) is 0 Å². The molecule has 1 aliphatic rings. The van der Waals surface area contributed by atoms with Crippen LogP contribution in [0.15, 0.2) is 12.2 Å². The number of carbonyl (C=O) groups is 2. The van der Waals surface area contributed by atoms with Crippen LogP contribution < -0.4 is 0 Å². The first kappa shape index (κ1) is 26.8. The predicted octanol–water partition coefficient (Wildman–Crippen LogP) is 2.29. The number of Topliss-reactive ketones (excluding diaryl/α,β-unsaturated/α-hetero) is 1. The zero-order valence-electron chi connectivity index (χ0n) is 18.2. The summed E-state index contributed by atoms with van der Waals surface area (Å²) in [6, 6.07) is 0. The Bertz CT molecular complexity index is 520. The maximum absolute atomic E-state index is 12.3. The van der Waals surface area contributed by atoms with Crippen molar-refractivity contribution in [1.29, 1.82) is 0 Å². The van der Waals surface area contributed by atoms with E-state index in [9.17, 15) is 19.8 Å². The fourth-order valence-electron chi connectivity index (χ4n) is 3.85. The number of esters is 1. The van der Waals surface area contributed by atoms with Crippen molar-refractivity contribution in [3.8, 4) is 0 Å². The molecule has 0 spiro atoms. The second-order valence-corrected chi connectivity index (χ2v) is 8.34. The first-order chi connectivity index (χ1) is 14.4. The maximum Gasteiger partial charge on any atom is 0.305 e. The Morgan fingerprint density at radius 1 is 1.17 bits per heavy atom. The van der Waals surface area contributed by atoms with E-state index < -0.39 is 24.9 Å². The van der Waals surface area contributed by atoms with Crippen LogP contribution in [0.5, 0.6) is 0 Å². The minimum Gasteiger partial charge on any atom is -0.463 e. The van der Waals surface area contributed by atoms with Gasteiger partial charge < -0.3 is 25.2 Å². The van der Waals surface area contributed by atoms with Crippen LogP contribution in [0, 0.1) is 11.8 Å². The van der Waals surface area contributed by atoms with Crippen molar-refractivity contribution in [2.45, 2.75) is 95.9 Å². The first-order valence-corrected chi connectivity index (χ1v) is 11.4. The van der Waals surface area contributed by atoms with Crippen LogP contribution in [0.3, 0.4) is 0 Å². The fraction of sp³-hybridized carbons (Fsp3) is 0.826. The van der Waals surface area contributed by atoms with Gasteiger partial charge in [-0.25, -0.2) is 0 Å². The predicted molar refractivity (Wildman–Crippen MR) is 114 cm³/mol. The molecule has 0 unspecified atom stereocenters. The summed E-state index contributed by atoms with van der Waals surface area (Å²) >= 11 is 0. The Hall–Kier alpha value is -1.28. The number of hydrogen-bond acceptors (Lipinski definition) is 7. The van der Waals surface area contributed by atoms with Crippen molar-refractivity contribution in [1.82, 2.24) is 0 Å². The molecule has 1 fully saturated rings. The van der Waals surface area contributed by atoms with Gasteiger partial charge >= 0.3 is 5.97 Å². The van der Waals surface area contributed by atoms with E-state index in [1.165, 1.54) is 0 Å². The van der Waals surface area contributed by atoms with Crippen molar-refractivity contribution < 1.29 is 34.8 Å². The van der Waals surface area contributed by atoms with Gasteiger partial charge in [-0.3, -0.25) is 9.59 Å². The van der Waals surface area contributed by atoms with Crippen LogP contribution in [-0.2, 0) is 14.3 Å². The average Bonchev–Trinajstić information content (AvgIpc) is 2.99.